The fourth-order valence-electron chi connectivity index (χ4n) is 3.24. The first-order chi connectivity index (χ1) is 8.94. The molecule has 0 radical (unpaired) electrons. The normalized spacial score (nSPS) is 24.9. The summed E-state index contributed by atoms with van der Waals surface area (Å²) in [5.41, 5.74) is 2.53. The number of hydrogen-bond donors (Lipinski definition) is 0. The van der Waals surface area contributed by atoms with Crippen LogP contribution in [0.25, 0.3) is 0 Å². The fraction of sp³-hybridized carbons (Fsp3) is 0.625. The van der Waals surface area contributed by atoms with Crippen LogP contribution in [0, 0.1) is 19.3 Å². The second kappa shape index (κ2) is 5.65. The van der Waals surface area contributed by atoms with Crippen LogP contribution in [0.1, 0.15) is 44.2 Å². The van der Waals surface area contributed by atoms with E-state index >= 15 is 0 Å². The van der Waals surface area contributed by atoms with Crippen molar-refractivity contribution in [2.45, 2.75) is 57.9 Å². The molecule has 1 nitrogen and oxygen atoms in total. The van der Waals surface area contributed by atoms with Crippen LogP contribution in [0.3, 0.4) is 0 Å². The molecule has 0 aliphatic heterocycles. The van der Waals surface area contributed by atoms with Crippen molar-refractivity contribution in [3.8, 4) is 5.75 Å². The molecule has 2 atom stereocenters. The summed E-state index contributed by atoms with van der Waals surface area (Å²) in [6.45, 7) is 8.65. The minimum Gasteiger partial charge on any atom is -0.489 e. The van der Waals surface area contributed by atoms with Crippen LogP contribution in [-0.2, 0) is 0 Å². The van der Waals surface area contributed by atoms with Crippen molar-refractivity contribution in [2.75, 3.05) is 0 Å². The first kappa shape index (κ1) is 15.2. The number of rotatable bonds is 4. The summed E-state index contributed by atoms with van der Waals surface area (Å²) in [6.07, 6.45) is 3.69. The number of benzene rings is 1. The summed E-state index contributed by atoms with van der Waals surface area (Å²) in [5.74, 6) is 1.01. The summed E-state index contributed by atoms with van der Waals surface area (Å²) >= 11 is 9.88. The van der Waals surface area contributed by atoms with Gasteiger partial charge in [0.05, 0.1) is 0 Å². The van der Waals surface area contributed by atoms with Gasteiger partial charge in [-0.2, -0.15) is 0 Å². The highest BCUT2D eigenvalue weighted by molar-refractivity contribution is 9.09. The molecule has 2 rings (SSSR count). The smallest absolute Gasteiger partial charge is 0.125 e. The number of halogens is 2. The maximum atomic E-state index is 6.35. The van der Waals surface area contributed by atoms with E-state index in [0.717, 1.165) is 41.2 Å². The predicted molar refractivity (Wildman–Crippen MR) is 85.7 cm³/mol. The minimum atomic E-state index is 0.276. The Hall–Kier alpha value is -0.210. The summed E-state index contributed by atoms with van der Waals surface area (Å²) in [5, 5.41) is 0.784. The molecule has 2 unspecified atom stereocenters. The monoisotopic (exact) mass is 344 g/mol. The molecule has 1 aliphatic rings. The highest BCUT2D eigenvalue weighted by Gasteiger charge is 2.53. The molecule has 0 aromatic heterocycles. The maximum Gasteiger partial charge on any atom is 0.125 e. The number of alkyl halides is 1. The zero-order chi connectivity index (χ0) is 14.2. The van der Waals surface area contributed by atoms with Gasteiger partial charge >= 0.3 is 0 Å². The molecule has 0 N–H and O–H groups in total. The largest absolute Gasteiger partial charge is 0.489 e. The van der Waals surface area contributed by atoms with Crippen molar-refractivity contribution < 1.29 is 4.74 Å². The lowest BCUT2D eigenvalue weighted by Crippen LogP contribution is -2.56. The summed E-state index contributed by atoms with van der Waals surface area (Å²) in [7, 11) is 0. The van der Waals surface area contributed by atoms with E-state index in [-0.39, 0.29) is 5.41 Å². The molecule has 1 aromatic carbocycles. The van der Waals surface area contributed by atoms with Crippen molar-refractivity contribution >= 4 is 27.5 Å². The van der Waals surface area contributed by atoms with Gasteiger partial charge in [0.1, 0.15) is 11.9 Å². The molecule has 1 saturated carbocycles. The third-order valence-electron chi connectivity index (χ3n) is 4.69. The Morgan fingerprint density at radius 1 is 1.26 bits per heavy atom. The van der Waals surface area contributed by atoms with Gasteiger partial charge in [0, 0.05) is 15.3 Å². The minimum absolute atomic E-state index is 0.276. The first-order valence-corrected chi connectivity index (χ1v) is 8.31. The fourth-order valence-corrected chi connectivity index (χ4v) is 4.85. The highest BCUT2D eigenvalue weighted by Crippen LogP contribution is 2.53. The van der Waals surface area contributed by atoms with Gasteiger partial charge in [0.15, 0.2) is 0 Å². The predicted octanol–water partition coefficient (Wildman–Crippen LogP) is 5.68. The number of ether oxygens (including phenoxy) is 1. The molecule has 3 heteroatoms. The van der Waals surface area contributed by atoms with Gasteiger partial charge < -0.3 is 4.74 Å². The summed E-state index contributed by atoms with van der Waals surface area (Å²) in [6, 6.07) is 3.96. The molecule has 0 saturated heterocycles. The first-order valence-electron chi connectivity index (χ1n) is 7.02. The van der Waals surface area contributed by atoms with E-state index in [4.69, 9.17) is 16.3 Å². The Morgan fingerprint density at radius 2 is 1.79 bits per heavy atom. The molecule has 0 spiro atoms. The van der Waals surface area contributed by atoms with Gasteiger partial charge in [-0.3, -0.25) is 0 Å². The molecule has 0 amide bonds. The van der Waals surface area contributed by atoms with E-state index in [0.29, 0.717) is 10.9 Å². The lowest BCUT2D eigenvalue weighted by molar-refractivity contribution is -0.0417. The van der Waals surface area contributed by atoms with Crippen LogP contribution in [0.4, 0.5) is 0 Å². The van der Waals surface area contributed by atoms with Crippen molar-refractivity contribution in [2.24, 2.45) is 5.41 Å². The molecule has 1 aliphatic carbocycles. The van der Waals surface area contributed by atoms with Gasteiger partial charge in [-0.05, 0) is 56.4 Å². The van der Waals surface area contributed by atoms with E-state index in [1.807, 2.05) is 12.1 Å². The molecule has 0 heterocycles. The summed E-state index contributed by atoms with van der Waals surface area (Å²) < 4.78 is 6.35. The van der Waals surface area contributed by atoms with Gasteiger partial charge in [-0.1, -0.05) is 41.4 Å². The second-order valence-corrected chi connectivity index (χ2v) is 7.16. The van der Waals surface area contributed by atoms with Gasteiger partial charge in [0.2, 0.25) is 0 Å². The van der Waals surface area contributed by atoms with E-state index in [2.05, 4.69) is 43.6 Å². The average Bonchev–Trinajstić information content (AvgIpc) is 2.33. The van der Waals surface area contributed by atoms with Crippen molar-refractivity contribution in [1.29, 1.82) is 0 Å². The van der Waals surface area contributed by atoms with E-state index in [9.17, 15) is 0 Å². The Morgan fingerprint density at radius 3 is 2.21 bits per heavy atom. The molecule has 1 aromatic rings. The molecule has 19 heavy (non-hydrogen) atoms. The Balaban J connectivity index is 2.23. The lowest BCUT2D eigenvalue weighted by atomic mass is 9.62. The van der Waals surface area contributed by atoms with Gasteiger partial charge in [0.25, 0.3) is 0 Å². The quantitative estimate of drug-likeness (QED) is 0.638. The number of hydrogen-bond acceptors (Lipinski definition) is 1. The SMILES string of the molecule is CCC1(CC)C(Br)CC1Oc1c(C)cc(Cl)cc1C. The van der Waals surface area contributed by atoms with Gasteiger partial charge in [-0.25, -0.2) is 0 Å². The highest BCUT2D eigenvalue weighted by atomic mass is 79.9. The lowest BCUT2D eigenvalue weighted by Gasteiger charge is -2.53. The van der Waals surface area contributed by atoms with Gasteiger partial charge in [-0.15, -0.1) is 0 Å². The third kappa shape index (κ3) is 2.54. The van der Waals surface area contributed by atoms with Crippen molar-refractivity contribution in [3.05, 3.63) is 28.3 Å². The maximum absolute atomic E-state index is 6.35. The third-order valence-corrected chi connectivity index (χ3v) is 6.19. The van der Waals surface area contributed by atoms with E-state index in [1.165, 1.54) is 0 Å². The Kier molecular flexibility index (Phi) is 4.52. The van der Waals surface area contributed by atoms with Crippen LogP contribution in [0.15, 0.2) is 12.1 Å². The topological polar surface area (TPSA) is 9.23 Å². The number of aryl methyl sites for hydroxylation is 2. The second-order valence-electron chi connectivity index (χ2n) is 5.62. The van der Waals surface area contributed by atoms with Crippen molar-refractivity contribution in [1.82, 2.24) is 0 Å². The van der Waals surface area contributed by atoms with E-state index < -0.39 is 0 Å². The molecule has 106 valence electrons. The van der Waals surface area contributed by atoms with Crippen LogP contribution in [-0.4, -0.2) is 10.9 Å². The van der Waals surface area contributed by atoms with Crippen molar-refractivity contribution in [3.63, 3.8) is 0 Å². The zero-order valence-electron chi connectivity index (χ0n) is 12.1. The molecular formula is C16H22BrClO. The molecule has 1 fully saturated rings. The average molecular weight is 346 g/mol. The molecule has 0 bridgehead atoms. The van der Waals surface area contributed by atoms with Crippen LogP contribution < -0.4 is 4.74 Å². The molecular weight excluding hydrogens is 324 g/mol. The van der Waals surface area contributed by atoms with Crippen LogP contribution in [0.2, 0.25) is 5.02 Å². The van der Waals surface area contributed by atoms with Crippen LogP contribution >= 0.6 is 27.5 Å². The summed E-state index contributed by atoms with van der Waals surface area (Å²) in [4.78, 5) is 0.577. The zero-order valence-corrected chi connectivity index (χ0v) is 14.4. The Bertz CT molecular complexity index is 445. The standard InChI is InChI=1S/C16H22BrClO/c1-5-16(6-2)13(17)9-14(16)19-15-10(3)7-12(18)8-11(15)4/h7-8,13-14H,5-6,9H2,1-4H3. The Labute approximate surface area is 129 Å². The van der Waals surface area contributed by atoms with Crippen LogP contribution in [0.5, 0.6) is 5.75 Å². The van der Waals surface area contributed by atoms with E-state index in [1.54, 1.807) is 0 Å².